The minimum atomic E-state index is -1.29. The Kier molecular flexibility index (Phi) is 7.87. The number of nitrogens with zero attached hydrogens (tertiary/aromatic N) is 3. The zero-order valence-electron chi connectivity index (χ0n) is 18.8. The smallest absolute Gasteiger partial charge is 0.347 e. The first-order chi connectivity index (χ1) is 15.6. The molecule has 0 aliphatic carbocycles. The number of carboxylic acid groups (broad SMARTS) is 1. The van der Waals surface area contributed by atoms with Gasteiger partial charge in [-0.05, 0) is 63.4 Å². The maximum atomic E-state index is 12.8. The van der Waals surface area contributed by atoms with Crippen molar-refractivity contribution >= 4 is 29.2 Å². The summed E-state index contributed by atoms with van der Waals surface area (Å²) in [6, 6.07) is 12.6. The van der Waals surface area contributed by atoms with Crippen molar-refractivity contribution in [3.05, 3.63) is 79.9 Å². The predicted molar refractivity (Wildman–Crippen MR) is 129 cm³/mol. The summed E-state index contributed by atoms with van der Waals surface area (Å²) in [5.41, 5.74) is 0.274. The van der Waals surface area contributed by atoms with E-state index in [1.165, 1.54) is 18.5 Å². The van der Waals surface area contributed by atoms with E-state index in [4.69, 9.17) is 27.9 Å². The first-order valence-electron chi connectivity index (χ1n) is 10.7. The molecule has 0 saturated carbocycles. The van der Waals surface area contributed by atoms with Crippen LogP contribution < -0.4 is 10.4 Å². The van der Waals surface area contributed by atoms with Crippen LogP contribution in [0.1, 0.15) is 44.1 Å². The second kappa shape index (κ2) is 10.4. The van der Waals surface area contributed by atoms with E-state index in [0.29, 0.717) is 40.1 Å². The Morgan fingerprint density at radius 1 is 1.09 bits per heavy atom. The van der Waals surface area contributed by atoms with E-state index in [0.717, 1.165) is 18.4 Å². The lowest BCUT2D eigenvalue weighted by Gasteiger charge is -2.21. The molecule has 0 atom stereocenters. The first kappa shape index (κ1) is 24.9. The highest BCUT2D eigenvalue weighted by Crippen LogP contribution is 2.25. The number of halogens is 2. The molecule has 0 radical (unpaired) electrons. The molecule has 1 aromatic heterocycles. The van der Waals surface area contributed by atoms with Crippen LogP contribution in [0, 0.1) is 0 Å². The van der Waals surface area contributed by atoms with E-state index >= 15 is 0 Å². The number of aromatic nitrogens is 3. The van der Waals surface area contributed by atoms with Gasteiger partial charge in [-0.25, -0.2) is 14.3 Å². The van der Waals surface area contributed by atoms with Crippen molar-refractivity contribution in [1.82, 2.24) is 14.3 Å². The Labute approximate surface area is 202 Å². The number of hydrogen-bond acceptors (Lipinski definition) is 4. The highest BCUT2D eigenvalue weighted by molar-refractivity contribution is 6.35. The van der Waals surface area contributed by atoms with Crippen LogP contribution in [0.4, 0.5) is 0 Å². The van der Waals surface area contributed by atoms with Gasteiger partial charge in [0.25, 0.3) is 0 Å². The van der Waals surface area contributed by atoms with E-state index in [-0.39, 0.29) is 12.2 Å². The molecule has 2 aromatic carbocycles. The van der Waals surface area contributed by atoms with E-state index in [1.54, 1.807) is 34.9 Å². The van der Waals surface area contributed by atoms with Gasteiger partial charge in [0.15, 0.2) is 5.60 Å². The second-order valence-corrected chi connectivity index (χ2v) is 9.03. The van der Waals surface area contributed by atoms with Crippen LogP contribution in [0.15, 0.2) is 47.3 Å². The summed E-state index contributed by atoms with van der Waals surface area (Å²) in [6.45, 7) is 5.67. The number of rotatable bonds is 10. The Balaban J connectivity index is 1.65. The zero-order chi connectivity index (χ0) is 24.2. The SMILES string of the molecule is CCn1c(CCCc2ccc(OC(C)(C)C(=O)O)cc2)nn(Cc2c(Cl)cccc2Cl)c1=O. The Hall–Kier alpha value is -2.77. The van der Waals surface area contributed by atoms with Crippen molar-refractivity contribution in [3.63, 3.8) is 0 Å². The molecule has 0 spiro atoms. The summed E-state index contributed by atoms with van der Waals surface area (Å²) in [5, 5.41) is 14.7. The van der Waals surface area contributed by atoms with Crippen LogP contribution in [-0.2, 0) is 30.7 Å². The summed E-state index contributed by atoms with van der Waals surface area (Å²) in [7, 11) is 0. The number of hydrogen-bond donors (Lipinski definition) is 1. The van der Waals surface area contributed by atoms with Crippen molar-refractivity contribution < 1.29 is 14.6 Å². The maximum absolute atomic E-state index is 12.8. The molecular weight excluding hydrogens is 465 g/mol. The summed E-state index contributed by atoms with van der Waals surface area (Å²) in [4.78, 5) is 24.0. The molecule has 1 heterocycles. The average Bonchev–Trinajstić information content (AvgIpc) is 3.06. The van der Waals surface area contributed by atoms with Gasteiger partial charge in [-0.15, -0.1) is 0 Å². The van der Waals surface area contributed by atoms with Gasteiger partial charge in [0.1, 0.15) is 11.6 Å². The lowest BCUT2D eigenvalue weighted by Crippen LogP contribution is -2.37. The summed E-state index contributed by atoms with van der Waals surface area (Å²) >= 11 is 12.5. The summed E-state index contributed by atoms with van der Waals surface area (Å²) in [6.07, 6.45) is 2.21. The van der Waals surface area contributed by atoms with Gasteiger partial charge < -0.3 is 9.84 Å². The summed E-state index contributed by atoms with van der Waals surface area (Å²) < 4.78 is 8.60. The largest absolute Gasteiger partial charge is 0.478 e. The molecular formula is C24H27Cl2N3O4. The number of carboxylic acids is 1. The quantitative estimate of drug-likeness (QED) is 0.438. The van der Waals surface area contributed by atoms with Gasteiger partial charge in [-0.1, -0.05) is 41.4 Å². The van der Waals surface area contributed by atoms with E-state index in [9.17, 15) is 14.7 Å². The number of carbonyl (C=O) groups is 1. The van der Waals surface area contributed by atoms with E-state index < -0.39 is 11.6 Å². The van der Waals surface area contributed by atoms with Crippen LogP contribution in [0.3, 0.4) is 0 Å². The van der Waals surface area contributed by atoms with Crippen LogP contribution >= 0.6 is 23.2 Å². The van der Waals surface area contributed by atoms with Crippen molar-refractivity contribution in [2.24, 2.45) is 0 Å². The Morgan fingerprint density at radius 3 is 2.30 bits per heavy atom. The molecule has 0 amide bonds. The molecule has 0 bridgehead atoms. The molecule has 176 valence electrons. The van der Waals surface area contributed by atoms with Crippen LogP contribution in [-0.4, -0.2) is 31.0 Å². The van der Waals surface area contributed by atoms with Crippen LogP contribution in [0.2, 0.25) is 10.0 Å². The van der Waals surface area contributed by atoms with Crippen LogP contribution in [0.25, 0.3) is 0 Å². The molecule has 0 unspecified atom stereocenters. The third-order valence-electron chi connectivity index (χ3n) is 5.36. The van der Waals surface area contributed by atoms with Crippen molar-refractivity contribution in [2.45, 2.75) is 58.7 Å². The highest BCUT2D eigenvalue weighted by atomic mass is 35.5. The molecule has 3 aromatic rings. The van der Waals surface area contributed by atoms with Gasteiger partial charge in [0.2, 0.25) is 0 Å². The minimum Gasteiger partial charge on any atom is -0.478 e. The number of ether oxygens (including phenoxy) is 1. The fourth-order valence-electron chi connectivity index (χ4n) is 3.44. The lowest BCUT2D eigenvalue weighted by molar-refractivity contribution is -0.152. The monoisotopic (exact) mass is 491 g/mol. The number of aryl methyl sites for hydroxylation is 2. The molecule has 3 rings (SSSR count). The van der Waals surface area contributed by atoms with Gasteiger partial charge in [-0.2, -0.15) is 5.10 Å². The third-order valence-corrected chi connectivity index (χ3v) is 6.07. The van der Waals surface area contributed by atoms with Gasteiger partial charge in [0.05, 0.1) is 6.54 Å². The molecule has 7 nitrogen and oxygen atoms in total. The predicted octanol–water partition coefficient (Wildman–Crippen LogP) is 4.84. The molecule has 0 fully saturated rings. The molecule has 0 aliphatic heterocycles. The Morgan fingerprint density at radius 2 is 1.73 bits per heavy atom. The lowest BCUT2D eigenvalue weighted by atomic mass is 10.1. The number of benzene rings is 2. The van der Waals surface area contributed by atoms with Crippen molar-refractivity contribution in [1.29, 1.82) is 0 Å². The molecule has 0 aliphatic rings. The van der Waals surface area contributed by atoms with Crippen molar-refractivity contribution in [2.75, 3.05) is 0 Å². The summed E-state index contributed by atoms with van der Waals surface area (Å²) in [5.74, 6) is 0.196. The normalized spacial score (nSPS) is 11.5. The van der Waals surface area contributed by atoms with Gasteiger partial charge >= 0.3 is 11.7 Å². The first-order valence-corrected chi connectivity index (χ1v) is 11.5. The topological polar surface area (TPSA) is 86.3 Å². The third kappa shape index (κ3) is 5.97. The van der Waals surface area contributed by atoms with Crippen molar-refractivity contribution in [3.8, 4) is 5.75 Å². The number of aliphatic carboxylic acids is 1. The van der Waals surface area contributed by atoms with E-state index in [1.807, 2.05) is 19.1 Å². The molecule has 1 N–H and O–H groups in total. The average molecular weight is 492 g/mol. The molecule has 9 heteroatoms. The fourth-order valence-corrected chi connectivity index (χ4v) is 3.95. The Bertz CT molecular complexity index is 1160. The zero-order valence-corrected chi connectivity index (χ0v) is 20.4. The van der Waals surface area contributed by atoms with Crippen LogP contribution in [0.5, 0.6) is 5.75 Å². The second-order valence-electron chi connectivity index (χ2n) is 8.22. The highest BCUT2D eigenvalue weighted by Gasteiger charge is 2.29. The van der Waals surface area contributed by atoms with Gasteiger partial charge in [0, 0.05) is 28.6 Å². The minimum absolute atomic E-state index is 0.189. The van der Waals surface area contributed by atoms with E-state index in [2.05, 4.69) is 5.10 Å². The van der Waals surface area contributed by atoms with Gasteiger partial charge in [-0.3, -0.25) is 4.57 Å². The molecule has 33 heavy (non-hydrogen) atoms. The fraction of sp³-hybridized carbons (Fsp3) is 0.375. The maximum Gasteiger partial charge on any atom is 0.347 e. The molecule has 0 saturated heterocycles. The standard InChI is InChI=1S/C24H27Cl2N3O4/c1-4-28-21(27-29(23(28)32)15-18-19(25)8-6-9-20(18)26)10-5-7-16-11-13-17(14-12-16)33-24(2,3)22(30)31/h6,8-9,11-14H,4-5,7,10,15H2,1-3H3,(H,30,31).